The number of hydrogen-bond acceptors (Lipinski definition) is 5. The maximum atomic E-state index is 14.4. The molecule has 4 aliphatic rings. The summed E-state index contributed by atoms with van der Waals surface area (Å²) in [7, 11) is 0. The van der Waals surface area contributed by atoms with E-state index >= 15 is 0 Å². The summed E-state index contributed by atoms with van der Waals surface area (Å²) in [5.41, 5.74) is 1.35. The number of carbonyl (C=O) groups excluding carboxylic acids is 4. The first-order chi connectivity index (χ1) is 21.1. The van der Waals surface area contributed by atoms with Gasteiger partial charge in [-0.3, -0.25) is 24.1 Å². The van der Waals surface area contributed by atoms with Crippen molar-refractivity contribution >= 4 is 52.7 Å². The molecular weight excluding hydrogens is 583 g/mol. The summed E-state index contributed by atoms with van der Waals surface area (Å²) in [6.07, 6.45) is 4.04. The second-order valence-electron chi connectivity index (χ2n) is 12.1. The number of anilines is 2. The monoisotopic (exact) mass is 610 g/mol. The summed E-state index contributed by atoms with van der Waals surface area (Å²) in [6.45, 7) is 5.48. The van der Waals surface area contributed by atoms with Crippen molar-refractivity contribution in [1.82, 2.24) is 0 Å². The summed E-state index contributed by atoms with van der Waals surface area (Å²) in [4.78, 5) is 58.7. The van der Waals surface area contributed by atoms with E-state index in [1.165, 1.54) is 23.1 Å². The molecule has 0 aromatic heterocycles. The Hall–Kier alpha value is -4.56. The van der Waals surface area contributed by atoms with Gasteiger partial charge in [-0.15, -0.1) is 0 Å². The van der Waals surface area contributed by atoms with Crippen molar-refractivity contribution in [3.63, 3.8) is 0 Å². The molecule has 1 saturated carbocycles. The van der Waals surface area contributed by atoms with Gasteiger partial charge in [0.25, 0.3) is 0 Å². The number of para-hydroxylation sites is 1. The van der Waals surface area contributed by atoms with Gasteiger partial charge >= 0.3 is 0 Å². The summed E-state index contributed by atoms with van der Waals surface area (Å²) in [6, 6.07) is 17.4. The molecule has 7 nitrogen and oxygen atoms in total. The minimum Gasteiger partial charge on any atom is -0.508 e. The second kappa shape index (κ2) is 9.99. The maximum absolute atomic E-state index is 14.4. The van der Waals surface area contributed by atoms with Gasteiger partial charge in [-0.05, 0) is 67.6 Å². The first-order valence-corrected chi connectivity index (χ1v) is 14.9. The SMILES string of the molecule is C=Cc1ccc(N2C(=O)[C@H]3[C@H](CC=C4[C@H]3C[C@H]3C(=O)N(c5ccc(F)c(Cl)c5)C(=O)[C@@]3(C)[C@H]4c3ccccc3O)C2=O)cc1. The molecule has 4 amide bonds. The Balaban J connectivity index is 1.35. The van der Waals surface area contributed by atoms with Gasteiger partial charge in [0.2, 0.25) is 23.6 Å². The van der Waals surface area contributed by atoms with Crippen LogP contribution in [0.2, 0.25) is 5.02 Å². The fourth-order valence-electron chi connectivity index (χ4n) is 7.98. The van der Waals surface area contributed by atoms with Crippen LogP contribution in [-0.2, 0) is 19.2 Å². The van der Waals surface area contributed by atoms with Gasteiger partial charge in [0.15, 0.2) is 0 Å². The highest BCUT2D eigenvalue weighted by molar-refractivity contribution is 6.32. The topological polar surface area (TPSA) is 95.0 Å². The van der Waals surface area contributed by atoms with Gasteiger partial charge in [0.1, 0.15) is 11.6 Å². The predicted molar refractivity (Wildman–Crippen MR) is 163 cm³/mol. The maximum Gasteiger partial charge on any atom is 0.241 e. The van der Waals surface area contributed by atoms with Crippen LogP contribution in [0.1, 0.15) is 36.8 Å². The first kappa shape index (κ1) is 28.2. The van der Waals surface area contributed by atoms with Crippen LogP contribution < -0.4 is 9.80 Å². The molecule has 0 radical (unpaired) electrons. The molecule has 0 unspecified atom stereocenters. The predicted octanol–water partition coefficient (Wildman–Crippen LogP) is 6.26. The van der Waals surface area contributed by atoms with Crippen LogP contribution in [0.4, 0.5) is 15.8 Å². The minimum atomic E-state index is -1.34. The van der Waals surface area contributed by atoms with Gasteiger partial charge in [-0.1, -0.05) is 66.2 Å². The summed E-state index contributed by atoms with van der Waals surface area (Å²) < 4.78 is 14.0. The number of allylic oxidation sites excluding steroid dienone is 2. The highest BCUT2D eigenvalue weighted by Crippen LogP contribution is 2.64. The van der Waals surface area contributed by atoms with Crippen LogP contribution in [0.15, 0.2) is 85.0 Å². The summed E-state index contributed by atoms with van der Waals surface area (Å²) in [5, 5.41) is 10.8. The molecular formula is C35H28ClFN2O5. The number of hydrogen-bond donors (Lipinski definition) is 1. The lowest BCUT2D eigenvalue weighted by Gasteiger charge is -2.49. The molecule has 2 aliphatic carbocycles. The fourth-order valence-corrected chi connectivity index (χ4v) is 8.15. The standard InChI is InChI=1S/C35H28ClFN2O5/c1-3-18-8-10-19(11-9-18)38-31(41)23-14-13-21-24(29(23)33(38)43)17-25-32(42)39(20-12-15-27(37)26(36)16-20)34(44)35(25,2)30(21)22-6-4-5-7-28(22)40/h3-13,15-16,23-25,29-30,40H,1,14,17H2,2H3/t23-,24+,25-,29-,30+,35+/m0/s1. The number of aromatic hydroxyl groups is 1. The van der Waals surface area contributed by atoms with E-state index in [2.05, 4.69) is 6.58 Å². The van der Waals surface area contributed by atoms with Gasteiger partial charge in [-0.25, -0.2) is 9.29 Å². The molecule has 1 N–H and O–H groups in total. The van der Waals surface area contributed by atoms with E-state index in [1.807, 2.05) is 6.08 Å². The van der Waals surface area contributed by atoms with Crippen LogP contribution in [0.25, 0.3) is 6.08 Å². The van der Waals surface area contributed by atoms with Crippen molar-refractivity contribution < 1.29 is 28.7 Å². The van der Waals surface area contributed by atoms with Gasteiger partial charge in [0, 0.05) is 11.5 Å². The number of carbonyl (C=O) groups is 4. The third kappa shape index (κ3) is 3.80. The van der Waals surface area contributed by atoms with Crippen LogP contribution in [0.5, 0.6) is 5.75 Å². The van der Waals surface area contributed by atoms with E-state index in [1.54, 1.807) is 55.5 Å². The molecule has 2 heterocycles. The highest BCUT2D eigenvalue weighted by atomic mass is 35.5. The number of phenolic OH excluding ortho intramolecular Hbond substituents is 1. The molecule has 9 heteroatoms. The molecule has 6 atom stereocenters. The third-order valence-electron chi connectivity index (χ3n) is 10.1. The Labute approximate surface area is 258 Å². The van der Waals surface area contributed by atoms with Crippen LogP contribution in [-0.4, -0.2) is 28.7 Å². The zero-order chi connectivity index (χ0) is 31.1. The van der Waals surface area contributed by atoms with Gasteiger partial charge in [0.05, 0.1) is 39.6 Å². The zero-order valence-corrected chi connectivity index (χ0v) is 24.5. The molecule has 2 aliphatic heterocycles. The van der Waals surface area contributed by atoms with Crippen molar-refractivity contribution in [2.45, 2.75) is 25.7 Å². The van der Waals surface area contributed by atoms with E-state index < -0.39 is 52.6 Å². The van der Waals surface area contributed by atoms with Crippen molar-refractivity contribution in [3.8, 4) is 5.75 Å². The van der Waals surface area contributed by atoms with E-state index in [0.717, 1.165) is 22.1 Å². The normalized spacial score (nSPS) is 29.3. The Bertz CT molecular complexity index is 1820. The molecule has 3 aromatic rings. The largest absolute Gasteiger partial charge is 0.508 e. The van der Waals surface area contributed by atoms with Crippen molar-refractivity contribution in [2.75, 3.05) is 9.80 Å². The van der Waals surface area contributed by atoms with Crippen LogP contribution in [0.3, 0.4) is 0 Å². The molecule has 44 heavy (non-hydrogen) atoms. The van der Waals surface area contributed by atoms with Crippen molar-refractivity contribution in [3.05, 3.63) is 107 Å². The number of phenols is 1. The molecule has 0 spiro atoms. The lowest BCUT2D eigenvalue weighted by molar-refractivity contribution is -0.131. The molecule has 2 saturated heterocycles. The minimum absolute atomic E-state index is 0.0394. The number of halogens is 2. The number of benzene rings is 3. The third-order valence-corrected chi connectivity index (χ3v) is 10.4. The van der Waals surface area contributed by atoms with Gasteiger partial charge in [-0.2, -0.15) is 0 Å². The fraction of sp³-hybridized carbons (Fsp3) is 0.257. The Morgan fingerprint density at radius 2 is 1.64 bits per heavy atom. The van der Waals surface area contributed by atoms with E-state index in [9.17, 15) is 28.7 Å². The second-order valence-corrected chi connectivity index (χ2v) is 12.5. The van der Waals surface area contributed by atoms with Crippen molar-refractivity contribution in [1.29, 1.82) is 0 Å². The summed E-state index contributed by atoms with van der Waals surface area (Å²) >= 11 is 6.05. The van der Waals surface area contributed by atoms with Crippen LogP contribution >= 0.6 is 11.6 Å². The van der Waals surface area contributed by atoms with Gasteiger partial charge < -0.3 is 5.11 Å². The zero-order valence-electron chi connectivity index (χ0n) is 23.7. The van der Waals surface area contributed by atoms with E-state index in [4.69, 9.17) is 11.6 Å². The summed E-state index contributed by atoms with van der Waals surface area (Å²) in [5.74, 6) is -5.88. The Kier molecular flexibility index (Phi) is 6.41. The number of imide groups is 2. The lowest BCUT2D eigenvalue weighted by Crippen LogP contribution is -2.48. The number of rotatable bonds is 4. The lowest BCUT2D eigenvalue weighted by atomic mass is 9.51. The highest BCUT2D eigenvalue weighted by Gasteiger charge is 2.68. The Morgan fingerprint density at radius 3 is 2.32 bits per heavy atom. The molecule has 3 fully saturated rings. The molecule has 7 rings (SSSR count). The smallest absolute Gasteiger partial charge is 0.241 e. The average Bonchev–Trinajstić information content (AvgIpc) is 3.38. The van der Waals surface area contributed by atoms with Crippen LogP contribution in [0, 0.1) is 34.9 Å². The van der Waals surface area contributed by atoms with E-state index in [-0.39, 0.29) is 41.1 Å². The number of nitrogens with zero attached hydrogens (tertiary/aromatic N) is 2. The van der Waals surface area contributed by atoms with Crippen molar-refractivity contribution in [2.24, 2.45) is 29.1 Å². The quantitative estimate of drug-likeness (QED) is 0.278. The average molecular weight is 611 g/mol. The Morgan fingerprint density at radius 1 is 0.932 bits per heavy atom. The first-order valence-electron chi connectivity index (χ1n) is 14.5. The number of amides is 4. The molecule has 0 bridgehead atoms. The molecule has 222 valence electrons. The number of fused-ring (bicyclic) bond motifs is 4. The van der Waals surface area contributed by atoms with E-state index in [0.29, 0.717) is 11.3 Å². The molecule has 3 aromatic carbocycles.